The molecule has 0 aromatic carbocycles. The second-order valence-electron chi connectivity index (χ2n) is 7.83. The number of carbonyl (C=O) groups is 2. The maximum atomic E-state index is 13.1. The summed E-state index contributed by atoms with van der Waals surface area (Å²) >= 11 is 0. The number of urea groups is 1. The Labute approximate surface area is 166 Å². The fourth-order valence-corrected chi connectivity index (χ4v) is 3.97. The number of carbonyl (C=O) groups excluding carboxylic acids is 2. The maximum Gasteiger partial charge on any atom is 0.319 e. The highest BCUT2D eigenvalue weighted by Crippen LogP contribution is 2.19. The standard InChI is InChI=1S/C20H30FN5O2/c1-23(2)20(28)26(13-12-24-9-4-3-5-10-24)17-8-11-25(15-17)19(27)18-7-6-16(21)14-22-18/h6-7,14,17H,3-5,8-13,15H2,1-2H3. The molecule has 2 aliphatic rings. The number of hydrogen-bond donors (Lipinski definition) is 0. The molecule has 2 saturated heterocycles. The molecule has 0 spiro atoms. The molecule has 3 amide bonds. The van der Waals surface area contributed by atoms with E-state index in [1.165, 1.54) is 31.4 Å². The zero-order valence-corrected chi connectivity index (χ0v) is 16.8. The lowest BCUT2D eigenvalue weighted by atomic mass is 10.1. The van der Waals surface area contributed by atoms with Crippen molar-refractivity contribution in [2.45, 2.75) is 31.7 Å². The summed E-state index contributed by atoms with van der Waals surface area (Å²) in [5.74, 6) is -0.674. The molecule has 0 radical (unpaired) electrons. The number of aromatic nitrogens is 1. The van der Waals surface area contributed by atoms with Gasteiger partial charge in [0.25, 0.3) is 5.91 Å². The smallest absolute Gasteiger partial charge is 0.319 e. The molecule has 8 heteroatoms. The molecular formula is C20H30FN5O2. The lowest BCUT2D eigenvalue weighted by Crippen LogP contribution is -2.50. The molecule has 0 saturated carbocycles. The molecule has 2 fully saturated rings. The molecule has 1 aromatic rings. The molecule has 154 valence electrons. The fraction of sp³-hybridized carbons (Fsp3) is 0.650. The predicted molar refractivity (Wildman–Crippen MR) is 105 cm³/mol. The number of nitrogens with zero attached hydrogens (tertiary/aromatic N) is 5. The van der Waals surface area contributed by atoms with Crippen LogP contribution in [-0.2, 0) is 0 Å². The SMILES string of the molecule is CN(C)C(=O)N(CCN1CCCCC1)C1CCN(C(=O)c2ccc(F)cn2)C1. The van der Waals surface area contributed by atoms with E-state index in [1.54, 1.807) is 23.9 Å². The van der Waals surface area contributed by atoms with Gasteiger partial charge in [-0.1, -0.05) is 6.42 Å². The van der Waals surface area contributed by atoms with Crippen molar-refractivity contribution in [3.05, 3.63) is 29.8 Å². The minimum Gasteiger partial charge on any atom is -0.335 e. The molecule has 0 aliphatic carbocycles. The van der Waals surface area contributed by atoms with Crippen molar-refractivity contribution in [1.82, 2.24) is 24.6 Å². The average Bonchev–Trinajstić information content (AvgIpc) is 3.18. The van der Waals surface area contributed by atoms with E-state index in [2.05, 4.69) is 9.88 Å². The van der Waals surface area contributed by atoms with Crippen LogP contribution in [0.5, 0.6) is 0 Å². The van der Waals surface area contributed by atoms with Crippen molar-refractivity contribution >= 4 is 11.9 Å². The van der Waals surface area contributed by atoms with E-state index in [0.717, 1.165) is 32.3 Å². The van der Waals surface area contributed by atoms with Crippen LogP contribution in [0.25, 0.3) is 0 Å². The van der Waals surface area contributed by atoms with Crippen LogP contribution in [0.1, 0.15) is 36.2 Å². The zero-order chi connectivity index (χ0) is 20.1. The highest BCUT2D eigenvalue weighted by Gasteiger charge is 2.34. The first kappa shape index (κ1) is 20.5. The number of amides is 3. The van der Waals surface area contributed by atoms with Crippen LogP contribution in [0.3, 0.4) is 0 Å². The van der Waals surface area contributed by atoms with E-state index < -0.39 is 5.82 Å². The number of likely N-dealkylation sites (tertiary alicyclic amines) is 2. The molecular weight excluding hydrogens is 361 g/mol. The Kier molecular flexibility index (Phi) is 6.83. The summed E-state index contributed by atoms with van der Waals surface area (Å²) < 4.78 is 13.1. The molecule has 2 aliphatic heterocycles. The Morgan fingerprint density at radius 1 is 1.18 bits per heavy atom. The van der Waals surface area contributed by atoms with Crippen molar-refractivity contribution in [2.75, 3.05) is 53.4 Å². The Bertz CT molecular complexity index is 676. The molecule has 3 heterocycles. The van der Waals surface area contributed by atoms with Gasteiger partial charge in [0.2, 0.25) is 0 Å². The number of pyridine rings is 1. The van der Waals surface area contributed by atoms with Crippen molar-refractivity contribution < 1.29 is 14.0 Å². The van der Waals surface area contributed by atoms with Crippen molar-refractivity contribution in [1.29, 1.82) is 0 Å². The van der Waals surface area contributed by atoms with Crippen LogP contribution in [0.15, 0.2) is 18.3 Å². The third-order valence-electron chi connectivity index (χ3n) is 5.57. The Morgan fingerprint density at radius 3 is 2.57 bits per heavy atom. The van der Waals surface area contributed by atoms with Crippen LogP contribution in [0, 0.1) is 5.82 Å². The van der Waals surface area contributed by atoms with Gasteiger partial charge in [0, 0.05) is 40.3 Å². The van der Waals surface area contributed by atoms with Crippen LogP contribution in [-0.4, -0.2) is 95.9 Å². The maximum absolute atomic E-state index is 13.1. The van der Waals surface area contributed by atoms with Gasteiger partial charge in [-0.05, 0) is 44.5 Å². The van der Waals surface area contributed by atoms with Crippen LogP contribution in [0.4, 0.5) is 9.18 Å². The largest absolute Gasteiger partial charge is 0.335 e. The monoisotopic (exact) mass is 391 g/mol. The summed E-state index contributed by atoms with van der Waals surface area (Å²) in [6.07, 6.45) is 5.53. The van der Waals surface area contributed by atoms with E-state index in [1.807, 2.05) is 4.90 Å². The quantitative estimate of drug-likeness (QED) is 0.769. The Balaban J connectivity index is 1.62. The number of halogens is 1. The zero-order valence-electron chi connectivity index (χ0n) is 16.8. The summed E-state index contributed by atoms with van der Waals surface area (Å²) in [5, 5.41) is 0. The second kappa shape index (κ2) is 9.32. The first-order valence-electron chi connectivity index (χ1n) is 10.1. The molecule has 1 unspecified atom stereocenters. The lowest BCUT2D eigenvalue weighted by Gasteiger charge is -2.34. The van der Waals surface area contributed by atoms with E-state index in [4.69, 9.17) is 0 Å². The molecule has 1 atom stereocenters. The van der Waals surface area contributed by atoms with Crippen molar-refractivity contribution in [3.8, 4) is 0 Å². The summed E-state index contributed by atoms with van der Waals surface area (Å²) in [6.45, 7) is 4.77. The lowest BCUT2D eigenvalue weighted by molar-refractivity contribution is 0.0767. The van der Waals surface area contributed by atoms with Gasteiger partial charge < -0.3 is 19.6 Å². The fourth-order valence-electron chi connectivity index (χ4n) is 3.97. The first-order chi connectivity index (χ1) is 13.5. The van der Waals surface area contributed by atoms with Crippen LogP contribution < -0.4 is 0 Å². The molecule has 0 N–H and O–H groups in total. The van der Waals surface area contributed by atoms with Gasteiger partial charge >= 0.3 is 6.03 Å². The van der Waals surface area contributed by atoms with E-state index in [9.17, 15) is 14.0 Å². The van der Waals surface area contributed by atoms with E-state index >= 15 is 0 Å². The van der Waals surface area contributed by atoms with Crippen molar-refractivity contribution in [2.24, 2.45) is 0 Å². The molecule has 28 heavy (non-hydrogen) atoms. The first-order valence-corrected chi connectivity index (χ1v) is 10.1. The van der Waals surface area contributed by atoms with Gasteiger partial charge in [0.05, 0.1) is 12.2 Å². The normalized spacial score (nSPS) is 20.2. The average molecular weight is 391 g/mol. The van der Waals surface area contributed by atoms with Gasteiger partial charge in [0.1, 0.15) is 11.5 Å². The molecule has 3 rings (SSSR count). The van der Waals surface area contributed by atoms with Crippen LogP contribution in [0.2, 0.25) is 0 Å². The minimum absolute atomic E-state index is 0.0101. The Hall–Kier alpha value is -2.22. The van der Waals surface area contributed by atoms with Gasteiger partial charge in [-0.25, -0.2) is 14.2 Å². The second-order valence-corrected chi connectivity index (χ2v) is 7.83. The third-order valence-corrected chi connectivity index (χ3v) is 5.57. The van der Waals surface area contributed by atoms with Crippen LogP contribution >= 0.6 is 0 Å². The summed E-state index contributed by atoms with van der Waals surface area (Å²) in [5.41, 5.74) is 0.237. The van der Waals surface area contributed by atoms with Gasteiger partial charge in [-0.3, -0.25) is 4.79 Å². The number of rotatable bonds is 5. The predicted octanol–water partition coefficient (Wildman–Crippen LogP) is 1.90. The highest BCUT2D eigenvalue weighted by molar-refractivity contribution is 5.92. The number of piperidine rings is 1. The summed E-state index contributed by atoms with van der Waals surface area (Å²) in [4.78, 5) is 36.9. The number of hydrogen-bond acceptors (Lipinski definition) is 4. The van der Waals surface area contributed by atoms with Gasteiger partial charge in [-0.2, -0.15) is 0 Å². The molecule has 1 aromatic heterocycles. The third kappa shape index (κ3) is 4.98. The topological polar surface area (TPSA) is 60.0 Å². The summed E-state index contributed by atoms with van der Waals surface area (Å²) in [7, 11) is 3.52. The Morgan fingerprint density at radius 2 is 1.93 bits per heavy atom. The summed E-state index contributed by atoms with van der Waals surface area (Å²) in [6, 6.07) is 2.62. The molecule has 7 nitrogen and oxygen atoms in total. The molecule has 0 bridgehead atoms. The van der Waals surface area contributed by atoms with E-state index in [0.29, 0.717) is 19.6 Å². The van der Waals surface area contributed by atoms with E-state index in [-0.39, 0.29) is 23.7 Å². The minimum atomic E-state index is -0.462. The van der Waals surface area contributed by atoms with Gasteiger partial charge in [-0.15, -0.1) is 0 Å². The van der Waals surface area contributed by atoms with Gasteiger partial charge in [0.15, 0.2) is 0 Å². The van der Waals surface area contributed by atoms with Crippen molar-refractivity contribution in [3.63, 3.8) is 0 Å². The highest BCUT2D eigenvalue weighted by atomic mass is 19.1.